The monoisotopic (exact) mass is 303 g/mol. The Morgan fingerprint density at radius 1 is 1.18 bits per heavy atom. The smallest absolute Gasteiger partial charge is 0.217 e. The molecule has 0 radical (unpaired) electrons. The maximum Gasteiger partial charge on any atom is 0.217 e. The Morgan fingerprint density at radius 3 is 2.36 bits per heavy atom. The van der Waals surface area contributed by atoms with Gasteiger partial charge < -0.3 is 15.5 Å². The largest absolute Gasteiger partial charge is 0.371 e. The molecule has 1 saturated carbocycles. The molecule has 1 aromatic carbocycles. The summed E-state index contributed by atoms with van der Waals surface area (Å²) >= 11 is 0. The fourth-order valence-electron chi connectivity index (χ4n) is 3.12. The number of carbonyl (C=O) groups is 1. The van der Waals surface area contributed by atoms with E-state index in [0.29, 0.717) is 18.1 Å². The normalized spacial score (nSPS) is 22.9. The van der Waals surface area contributed by atoms with Gasteiger partial charge in [0.2, 0.25) is 5.91 Å². The van der Waals surface area contributed by atoms with E-state index in [1.807, 2.05) is 6.07 Å². The highest BCUT2D eigenvalue weighted by atomic mass is 16.1. The topological polar surface area (TPSA) is 44.4 Å². The summed E-state index contributed by atoms with van der Waals surface area (Å²) in [6.45, 7) is 4.84. The molecule has 1 aliphatic rings. The third-order valence-electron chi connectivity index (χ3n) is 4.66. The molecule has 1 amide bonds. The second-order valence-corrected chi connectivity index (χ2v) is 6.45. The number of hydrogen-bond acceptors (Lipinski definition) is 3. The Kier molecular flexibility index (Phi) is 6.25. The summed E-state index contributed by atoms with van der Waals surface area (Å²) < 4.78 is 0. The van der Waals surface area contributed by atoms with Crippen LogP contribution >= 0.6 is 0 Å². The number of likely N-dealkylation sites (N-methyl/N-ethyl adjacent to an activating group) is 1. The van der Waals surface area contributed by atoms with Gasteiger partial charge in [-0.1, -0.05) is 18.2 Å². The molecule has 22 heavy (non-hydrogen) atoms. The molecule has 0 aromatic heterocycles. The molecular weight excluding hydrogens is 274 g/mol. The van der Waals surface area contributed by atoms with Crippen LogP contribution in [0.4, 0.5) is 5.69 Å². The molecule has 2 rings (SSSR count). The molecule has 4 nitrogen and oxygen atoms in total. The molecule has 1 fully saturated rings. The lowest BCUT2D eigenvalue weighted by atomic mass is 9.91. The molecule has 0 spiro atoms. The van der Waals surface area contributed by atoms with E-state index in [2.05, 4.69) is 53.8 Å². The van der Waals surface area contributed by atoms with Gasteiger partial charge in [0.15, 0.2) is 0 Å². The van der Waals surface area contributed by atoms with Crippen LogP contribution in [0, 0.1) is 0 Å². The molecule has 0 saturated heterocycles. The van der Waals surface area contributed by atoms with Crippen molar-refractivity contribution in [2.75, 3.05) is 18.5 Å². The highest BCUT2D eigenvalue weighted by Gasteiger charge is 2.22. The van der Waals surface area contributed by atoms with Crippen molar-refractivity contribution in [2.24, 2.45) is 0 Å². The summed E-state index contributed by atoms with van der Waals surface area (Å²) in [5.41, 5.74) is 1.26. The Hall–Kier alpha value is -1.55. The number of anilines is 1. The predicted molar refractivity (Wildman–Crippen MR) is 92.2 cm³/mol. The molecule has 1 aliphatic carbocycles. The SMILES string of the molecule is CC(=O)NC1CCC(NC[C@H](C)N(C)c2ccccc2)CC1. The summed E-state index contributed by atoms with van der Waals surface area (Å²) in [5.74, 6) is 0.0921. The van der Waals surface area contributed by atoms with Crippen LogP contribution < -0.4 is 15.5 Å². The van der Waals surface area contributed by atoms with Gasteiger partial charge in [-0.15, -0.1) is 0 Å². The van der Waals surface area contributed by atoms with Gasteiger partial charge in [-0.05, 0) is 44.7 Å². The predicted octanol–water partition coefficient (Wildman–Crippen LogP) is 2.55. The minimum atomic E-state index is 0.0921. The van der Waals surface area contributed by atoms with Crippen LogP contribution in [0.2, 0.25) is 0 Å². The Labute approximate surface area is 134 Å². The molecule has 0 unspecified atom stereocenters. The molecule has 1 aromatic rings. The molecule has 0 aliphatic heterocycles. The van der Waals surface area contributed by atoms with Crippen LogP contribution in [0.5, 0.6) is 0 Å². The standard InChI is InChI=1S/C18H29N3O/c1-14(21(3)18-7-5-4-6-8-18)13-19-16-9-11-17(12-10-16)20-15(2)22/h4-8,14,16-17,19H,9-13H2,1-3H3,(H,20,22)/t14-,16?,17?/m0/s1. The van der Waals surface area contributed by atoms with E-state index in [-0.39, 0.29) is 5.91 Å². The summed E-state index contributed by atoms with van der Waals surface area (Å²) in [6.07, 6.45) is 4.46. The van der Waals surface area contributed by atoms with Gasteiger partial charge in [0, 0.05) is 44.3 Å². The lowest BCUT2D eigenvalue weighted by Crippen LogP contribution is -2.45. The molecular formula is C18H29N3O. The molecule has 1 atom stereocenters. The van der Waals surface area contributed by atoms with Gasteiger partial charge in [-0.2, -0.15) is 0 Å². The zero-order valence-corrected chi connectivity index (χ0v) is 14.0. The Bertz CT molecular complexity index is 455. The summed E-state index contributed by atoms with van der Waals surface area (Å²) in [5, 5.41) is 6.72. The van der Waals surface area contributed by atoms with Gasteiger partial charge in [0.05, 0.1) is 0 Å². The van der Waals surface area contributed by atoms with Gasteiger partial charge in [-0.25, -0.2) is 0 Å². The number of para-hydroxylation sites is 1. The van der Waals surface area contributed by atoms with Crippen molar-refractivity contribution in [1.29, 1.82) is 0 Å². The maximum absolute atomic E-state index is 11.1. The zero-order valence-electron chi connectivity index (χ0n) is 14.0. The molecule has 0 bridgehead atoms. The van der Waals surface area contributed by atoms with Gasteiger partial charge in [-0.3, -0.25) is 4.79 Å². The third-order valence-corrected chi connectivity index (χ3v) is 4.66. The second-order valence-electron chi connectivity index (χ2n) is 6.45. The van der Waals surface area contributed by atoms with Crippen LogP contribution in [0.1, 0.15) is 39.5 Å². The van der Waals surface area contributed by atoms with Gasteiger partial charge in [0.1, 0.15) is 0 Å². The van der Waals surface area contributed by atoms with Crippen molar-refractivity contribution < 1.29 is 4.79 Å². The fourth-order valence-corrected chi connectivity index (χ4v) is 3.12. The average Bonchev–Trinajstić information content (AvgIpc) is 2.53. The van der Waals surface area contributed by atoms with Crippen molar-refractivity contribution in [3.8, 4) is 0 Å². The molecule has 2 N–H and O–H groups in total. The minimum absolute atomic E-state index is 0.0921. The lowest BCUT2D eigenvalue weighted by Gasteiger charge is -2.32. The van der Waals surface area contributed by atoms with E-state index in [1.54, 1.807) is 6.92 Å². The van der Waals surface area contributed by atoms with Crippen LogP contribution in [-0.2, 0) is 4.79 Å². The summed E-state index contributed by atoms with van der Waals surface area (Å²) in [4.78, 5) is 13.4. The highest BCUT2D eigenvalue weighted by molar-refractivity contribution is 5.73. The summed E-state index contributed by atoms with van der Waals surface area (Å²) in [6, 6.07) is 11.9. The number of nitrogens with one attached hydrogen (secondary N) is 2. The van der Waals surface area contributed by atoms with Gasteiger partial charge in [0.25, 0.3) is 0 Å². The summed E-state index contributed by atoms with van der Waals surface area (Å²) in [7, 11) is 2.15. The average molecular weight is 303 g/mol. The minimum Gasteiger partial charge on any atom is -0.371 e. The van der Waals surface area contributed by atoms with Crippen molar-refractivity contribution in [3.05, 3.63) is 30.3 Å². The van der Waals surface area contributed by atoms with Crippen molar-refractivity contribution in [3.63, 3.8) is 0 Å². The Balaban J connectivity index is 1.71. The third kappa shape index (κ3) is 5.02. The number of hydrogen-bond donors (Lipinski definition) is 2. The van der Waals surface area contributed by atoms with Crippen LogP contribution in [0.25, 0.3) is 0 Å². The number of rotatable bonds is 6. The first-order chi connectivity index (χ1) is 10.6. The molecule has 0 heterocycles. The quantitative estimate of drug-likeness (QED) is 0.849. The molecule has 4 heteroatoms. The first-order valence-electron chi connectivity index (χ1n) is 8.34. The zero-order chi connectivity index (χ0) is 15.9. The number of amides is 1. The second kappa shape index (κ2) is 8.18. The first kappa shape index (κ1) is 16.8. The molecule has 122 valence electrons. The van der Waals surface area contributed by atoms with E-state index in [4.69, 9.17) is 0 Å². The number of carbonyl (C=O) groups excluding carboxylic acids is 1. The van der Waals surface area contributed by atoms with Crippen molar-refractivity contribution in [1.82, 2.24) is 10.6 Å². The van der Waals surface area contributed by atoms with Crippen LogP contribution in [0.15, 0.2) is 30.3 Å². The van der Waals surface area contributed by atoms with E-state index in [0.717, 1.165) is 32.2 Å². The van der Waals surface area contributed by atoms with Crippen LogP contribution in [-0.4, -0.2) is 37.6 Å². The lowest BCUT2D eigenvalue weighted by molar-refractivity contribution is -0.119. The Morgan fingerprint density at radius 2 is 1.77 bits per heavy atom. The van der Waals surface area contributed by atoms with Crippen molar-refractivity contribution in [2.45, 2.75) is 57.7 Å². The van der Waals surface area contributed by atoms with Gasteiger partial charge >= 0.3 is 0 Å². The van der Waals surface area contributed by atoms with E-state index < -0.39 is 0 Å². The maximum atomic E-state index is 11.1. The van der Waals surface area contributed by atoms with E-state index in [1.165, 1.54) is 5.69 Å². The van der Waals surface area contributed by atoms with Crippen LogP contribution in [0.3, 0.4) is 0 Å². The van der Waals surface area contributed by atoms with E-state index >= 15 is 0 Å². The highest BCUT2D eigenvalue weighted by Crippen LogP contribution is 2.19. The fraction of sp³-hybridized carbons (Fsp3) is 0.611. The first-order valence-corrected chi connectivity index (χ1v) is 8.34. The van der Waals surface area contributed by atoms with E-state index in [9.17, 15) is 4.79 Å². The van der Waals surface area contributed by atoms with Crippen molar-refractivity contribution >= 4 is 11.6 Å². The number of nitrogens with zero attached hydrogens (tertiary/aromatic N) is 1. The number of benzene rings is 1.